The molecule has 3 amide bonds. The van der Waals surface area contributed by atoms with Gasteiger partial charge >= 0.3 is 10.8 Å². The number of fused-ring (bicyclic) bond motifs is 2. The molecule has 48 heavy (non-hydrogen) atoms. The number of rotatable bonds is 8. The number of carbonyl (C=O) groups excluding carboxylic acids is 4. The van der Waals surface area contributed by atoms with E-state index >= 15 is 0 Å². The number of benzene rings is 3. The lowest BCUT2D eigenvalue weighted by Gasteiger charge is -2.31. The summed E-state index contributed by atoms with van der Waals surface area (Å²) >= 11 is 14.9. The molecule has 3 atom stereocenters. The van der Waals surface area contributed by atoms with Gasteiger partial charge in [0.1, 0.15) is 11.8 Å². The Bertz CT molecular complexity index is 2150. The summed E-state index contributed by atoms with van der Waals surface area (Å²) < 4.78 is 29.4. The van der Waals surface area contributed by atoms with Crippen LogP contribution in [-0.4, -0.2) is 48.5 Å². The first-order valence-corrected chi connectivity index (χ1v) is 18.2. The van der Waals surface area contributed by atoms with Crippen molar-refractivity contribution in [3.05, 3.63) is 102 Å². The van der Waals surface area contributed by atoms with E-state index in [4.69, 9.17) is 33.1 Å². The van der Waals surface area contributed by atoms with Crippen LogP contribution in [0.5, 0.6) is 0 Å². The molecular weight excluding hydrogens is 723 g/mol. The number of ether oxygens (including phenoxy) is 1. The van der Waals surface area contributed by atoms with Crippen molar-refractivity contribution in [3.63, 3.8) is 0 Å². The Kier molecular flexibility index (Phi) is 9.28. The molecule has 248 valence electrons. The highest BCUT2D eigenvalue weighted by Crippen LogP contribution is 2.55. The lowest BCUT2D eigenvalue weighted by atomic mass is 9.83. The molecule has 6 rings (SSSR count). The quantitative estimate of drug-likeness (QED) is 0.195. The number of nitrogens with two attached hydrogens (primary N) is 1. The summed E-state index contributed by atoms with van der Waals surface area (Å²) in [6.45, 7) is 1.42. The number of aromatic nitrogens is 1. The first-order chi connectivity index (χ1) is 22.8. The largest absolute Gasteiger partial charge is 0.462 e. The summed E-state index contributed by atoms with van der Waals surface area (Å²) in [6, 6.07) is 16.0. The van der Waals surface area contributed by atoms with Crippen LogP contribution in [-0.2, 0) is 35.7 Å². The fraction of sp³-hybridized carbons (Fsp3) is 0.194. The summed E-state index contributed by atoms with van der Waals surface area (Å²) in [5.41, 5.74) is 1.20. The van der Waals surface area contributed by atoms with E-state index in [9.17, 15) is 32.4 Å². The molecule has 0 radical (unpaired) electrons. The molecule has 1 fully saturated rings. The molecule has 1 aromatic heterocycles. The predicted molar refractivity (Wildman–Crippen MR) is 181 cm³/mol. The molecule has 2 aliphatic rings. The van der Waals surface area contributed by atoms with Crippen molar-refractivity contribution < 1.29 is 32.3 Å². The smallest absolute Gasteiger partial charge is 0.338 e. The van der Waals surface area contributed by atoms with E-state index < -0.39 is 62.2 Å². The standard InChI is InChI=1S/C31H24Cl2N4O8S3/c1-2-45-30(41)15-6-10-17(11-7-15)37-27(39)23-22(19-4-3-5-20(32)24(19)33)26-29(46-25(23)28(37)40)36(31(42)47-26)14-21(38)35-16-8-12-18(13-9-16)48(34,43)44/h3-13,22-23,25H,2,14H2,1H3,(H,35,38)(H2,34,43,44)/t22-,23?,25?/m1/s1. The Morgan fingerprint density at radius 3 is 2.31 bits per heavy atom. The molecule has 2 aliphatic heterocycles. The van der Waals surface area contributed by atoms with E-state index in [0.717, 1.165) is 28.0 Å². The third-order valence-electron chi connectivity index (χ3n) is 7.77. The lowest BCUT2D eigenvalue weighted by molar-refractivity contribution is -0.122. The molecule has 3 aromatic carbocycles. The van der Waals surface area contributed by atoms with E-state index in [1.807, 2.05) is 0 Å². The second-order valence-corrected chi connectivity index (χ2v) is 15.2. The van der Waals surface area contributed by atoms with Crippen molar-refractivity contribution in [2.75, 3.05) is 16.8 Å². The van der Waals surface area contributed by atoms with Gasteiger partial charge in [0.2, 0.25) is 27.7 Å². The second-order valence-electron chi connectivity index (χ2n) is 10.7. The Morgan fingerprint density at radius 2 is 1.67 bits per heavy atom. The van der Waals surface area contributed by atoms with Crippen molar-refractivity contribution >= 4 is 91.4 Å². The SMILES string of the molecule is CCOC(=O)c1ccc(N2C(=O)C3Sc4c(sc(=O)n4CC(=O)Nc4ccc(S(N)(=O)=O)cc4)[C@H](c4cccc(Cl)c4Cl)C3C2=O)cc1. The third-order valence-corrected chi connectivity index (χ3v) is 12.1. The fourth-order valence-corrected chi connectivity index (χ4v) is 9.34. The Labute approximate surface area is 291 Å². The van der Waals surface area contributed by atoms with Crippen LogP contribution in [0.2, 0.25) is 10.0 Å². The van der Waals surface area contributed by atoms with Gasteiger partial charge in [-0.1, -0.05) is 58.4 Å². The number of thiazole rings is 1. The number of esters is 1. The van der Waals surface area contributed by atoms with Gasteiger partial charge in [0.25, 0.3) is 0 Å². The summed E-state index contributed by atoms with van der Waals surface area (Å²) in [4.78, 5) is 67.7. The fourth-order valence-electron chi connectivity index (χ4n) is 5.64. The van der Waals surface area contributed by atoms with E-state index in [1.165, 1.54) is 53.1 Å². The van der Waals surface area contributed by atoms with Gasteiger partial charge in [0, 0.05) is 16.5 Å². The van der Waals surface area contributed by atoms with Crippen LogP contribution in [0.1, 0.15) is 33.6 Å². The maximum absolute atomic E-state index is 14.2. The van der Waals surface area contributed by atoms with Crippen LogP contribution in [0, 0.1) is 5.92 Å². The van der Waals surface area contributed by atoms with E-state index in [-0.39, 0.29) is 38.5 Å². The first-order valence-electron chi connectivity index (χ1n) is 14.2. The highest BCUT2D eigenvalue weighted by molar-refractivity contribution is 8.00. The van der Waals surface area contributed by atoms with Crippen LogP contribution in [0.3, 0.4) is 0 Å². The topological polar surface area (TPSA) is 175 Å². The van der Waals surface area contributed by atoms with Gasteiger partial charge in [0.05, 0.1) is 43.7 Å². The molecule has 3 heterocycles. The highest BCUT2D eigenvalue weighted by Gasteiger charge is 2.57. The van der Waals surface area contributed by atoms with Gasteiger partial charge in [-0.15, -0.1) is 0 Å². The van der Waals surface area contributed by atoms with Gasteiger partial charge in [-0.3, -0.25) is 23.7 Å². The number of hydrogen-bond acceptors (Lipinski definition) is 10. The number of imide groups is 1. The van der Waals surface area contributed by atoms with Crippen LogP contribution >= 0.6 is 46.3 Å². The van der Waals surface area contributed by atoms with Crippen molar-refractivity contribution in [2.24, 2.45) is 11.1 Å². The van der Waals surface area contributed by atoms with Crippen molar-refractivity contribution in [2.45, 2.75) is 34.6 Å². The number of amides is 3. The molecule has 4 aromatic rings. The Balaban J connectivity index is 1.37. The molecule has 2 unspecified atom stereocenters. The number of nitrogens with zero attached hydrogens (tertiary/aromatic N) is 2. The number of hydrogen-bond donors (Lipinski definition) is 2. The van der Waals surface area contributed by atoms with Gasteiger partial charge in [-0.25, -0.2) is 23.3 Å². The van der Waals surface area contributed by atoms with Crippen LogP contribution in [0.15, 0.2) is 81.4 Å². The van der Waals surface area contributed by atoms with Gasteiger partial charge in [0.15, 0.2) is 0 Å². The van der Waals surface area contributed by atoms with E-state index in [2.05, 4.69) is 5.32 Å². The number of halogens is 2. The van der Waals surface area contributed by atoms with Crippen molar-refractivity contribution in [3.8, 4) is 0 Å². The van der Waals surface area contributed by atoms with E-state index in [1.54, 1.807) is 25.1 Å². The number of primary sulfonamides is 1. The second kappa shape index (κ2) is 13.1. The van der Waals surface area contributed by atoms with Crippen molar-refractivity contribution in [1.82, 2.24) is 4.57 Å². The van der Waals surface area contributed by atoms with Crippen LogP contribution in [0.25, 0.3) is 0 Å². The van der Waals surface area contributed by atoms with Crippen LogP contribution in [0.4, 0.5) is 11.4 Å². The summed E-state index contributed by atoms with van der Waals surface area (Å²) in [6.07, 6.45) is 0. The van der Waals surface area contributed by atoms with E-state index in [0.29, 0.717) is 15.5 Å². The van der Waals surface area contributed by atoms with Crippen LogP contribution < -0.4 is 20.2 Å². The zero-order valence-electron chi connectivity index (χ0n) is 24.7. The van der Waals surface area contributed by atoms with Gasteiger partial charge < -0.3 is 10.1 Å². The summed E-state index contributed by atoms with van der Waals surface area (Å²) in [5.74, 6) is -4.05. The molecule has 0 bridgehead atoms. The van der Waals surface area contributed by atoms with Gasteiger partial charge in [-0.05, 0) is 67.1 Å². The molecule has 0 spiro atoms. The molecule has 0 aliphatic carbocycles. The molecular formula is C31H24Cl2N4O8S3. The third kappa shape index (κ3) is 6.17. The number of sulfonamides is 1. The molecule has 17 heteroatoms. The molecule has 0 saturated carbocycles. The monoisotopic (exact) mass is 746 g/mol. The molecule has 1 saturated heterocycles. The maximum Gasteiger partial charge on any atom is 0.338 e. The highest BCUT2D eigenvalue weighted by atomic mass is 35.5. The zero-order valence-corrected chi connectivity index (χ0v) is 28.7. The first kappa shape index (κ1) is 33.9. The normalized spacial score (nSPS) is 18.8. The Hall–Kier alpha value is -3.99. The number of nitrogens with one attached hydrogen (secondary N) is 1. The average molecular weight is 748 g/mol. The minimum Gasteiger partial charge on any atom is -0.462 e. The summed E-state index contributed by atoms with van der Waals surface area (Å²) in [5, 5.41) is 7.47. The molecule has 3 N–H and O–H groups in total. The predicted octanol–water partition coefficient (Wildman–Crippen LogP) is 4.48. The Morgan fingerprint density at radius 1 is 0.979 bits per heavy atom. The maximum atomic E-state index is 14.2. The number of anilines is 2. The minimum atomic E-state index is -3.93. The summed E-state index contributed by atoms with van der Waals surface area (Å²) in [7, 11) is -3.93. The lowest BCUT2D eigenvalue weighted by Crippen LogP contribution is -2.33. The van der Waals surface area contributed by atoms with Gasteiger partial charge in [-0.2, -0.15) is 0 Å². The number of carbonyl (C=O) groups is 4. The number of thioether (sulfide) groups is 1. The molecule has 12 nitrogen and oxygen atoms in total. The zero-order chi connectivity index (χ0) is 34.5. The minimum absolute atomic E-state index is 0.139. The average Bonchev–Trinajstić information content (AvgIpc) is 3.48. The van der Waals surface area contributed by atoms with Crippen molar-refractivity contribution in [1.29, 1.82) is 0 Å².